The van der Waals surface area contributed by atoms with Crippen molar-refractivity contribution < 1.29 is 9.53 Å². The van der Waals surface area contributed by atoms with Gasteiger partial charge in [-0.25, -0.2) is 5.84 Å². The summed E-state index contributed by atoms with van der Waals surface area (Å²) in [6.45, 7) is 1.85. The van der Waals surface area contributed by atoms with Crippen LogP contribution in [0.3, 0.4) is 0 Å². The third-order valence-electron chi connectivity index (χ3n) is 2.27. The van der Waals surface area contributed by atoms with Gasteiger partial charge in [0.2, 0.25) is 5.91 Å². The van der Waals surface area contributed by atoms with Gasteiger partial charge in [-0.1, -0.05) is 12.1 Å². The number of nitrogens with one attached hydrogen (secondary N) is 1. The Bertz CT molecular complexity index is 426. The molecule has 1 unspecified atom stereocenters. The molecule has 0 saturated heterocycles. The van der Waals surface area contributed by atoms with E-state index in [1.807, 2.05) is 6.92 Å². The Hall–Kier alpha value is -2.06. The highest BCUT2D eigenvalue weighted by molar-refractivity contribution is 5.75. The molecule has 5 heteroatoms. The highest BCUT2D eigenvalue weighted by Gasteiger charge is 2.09. The first-order chi connectivity index (χ1) is 8.17. The van der Waals surface area contributed by atoms with Gasteiger partial charge >= 0.3 is 0 Å². The van der Waals surface area contributed by atoms with Crippen LogP contribution in [-0.2, 0) is 4.79 Å². The highest BCUT2D eigenvalue weighted by Crippen LogP contribution is 2.19. The maximum atomic E-state index is 10.9. The normalized spacial score (nSPS) is 11.4. The maximum Gasteiger partial charge on any atom is 0.234 e. The van der Waals surface area contributed by atoms with Crippen molar-refractivity contribution in [2.45, 2.75) is 25.9 Å². The molecule has 0 aliphatic rings. The fraction of sp³-hybridized carbons (Fsp3) is 0.333. The molecule has 0 spiro atoms. The molecule has 90 valence electrons. The van der Waals surface area contributed by atoms with E-state index >= 15 is 0 Å². The van der Waals surface area contributed by atoms with E-state index in [2.05, 4.69) is 11.5 Å². The van der Waals surface area contributed by atoms with Crippen molar-refractivity contribution >= 4 is 5.91 Å². The minimum atomic E-state index is -0.228. The number of carbonyl (C=O) groups is 1. The maximum absolute atomic E-state index is 10.9. The number of hydrazine groups is 1. The minimum Gasteiger partial charge on any atom is -0.489 e. The molecule has 1 rings (SSSR count). The third-order valence-corrected chi connectivity index (χ3v) is 2.27. The van der Waals surface area contributed by atoms with Gasteiger partial charge in [0, 0.05) is 6.42 Å². The number of carbonyl (C=O) groups excluding carboxylic acids is 1. The zero-order valence-corrected chi connectivity index (χ0v) is 9.64. The number of rotatable bonds is 5. The topological polar surface area (TPSA) is 88.1 Å². The second kappa shape index (κ2) is 6.51. The molecule has 0 saturated carbocycles. The Labute approximate surface area is 100 Å². The zero-order valence-electron chi connectivity index (χ0n) is 9.64. The lowest BCUT2D eigenvalue weighted by atomic mass is 10.2. The molecule has 17 heavy (non-hydrogen) atoms. The van der Waals surface area contributed by atoms with E-state index in [4.69, 9.17) is 15.8 Å². The summed E-state index contributed by atoms with van der Waals surface area (Å²) in [5.41, 5.74) is 2.55. The lowest BCUT2D eigenvalue weighted by Crippen LogP contribution is -2.30. The van der Waals surface area contributed by atoms with Crippen molar-refractivity contribution in [1.29, 1.82) is 5.26 Å². The number of nitrogens with two attached hydrogens (primary N) is 1. The third kappa shape index (κ3) is 4.13. The molecule has 0 bridgehead atoms. The lowest BCUT2D eigenvalue weighted by molar-refractivity contribution is -0.121. The van der Waals surface area contributed by atoms with Crippen LogP contribution in [0.5, 0.6) is 5.75 Å². The first-order valence-corrected chi connectivity index (χ1v) is 5.32. The minimum absolute atomic E-state index is 0.151. The highest BCUT2D eigenvalue weighted by atomic mass is 16.5. The molecule has 0 radical (unpaired) electrons. The molecule has 1 atom stereocenters. The number of para-hydroxylation sites is 1. The summed E-state index contributed by atoms with van der Waals surface area (Å²) < 4.78 is 5.59. The Balaban J connectivity index is 2.53. The van der Waals surface area contributed by atoms with Crippen LogP contribution in [0.4, 0.5) is 0 Å². The summed E-state index contributed by atoms with van der Waals surface area (Å²) in [6.07, 6.45) is 0.691. The van der Waals surface area contributed by atoms with Crippen molar-refractivity contribution in [3.05, 3.63) is 29.8 Å². The fourth-order valence-electron chi connectivity index (χ4n) is 1.34. The van der Waals surface area contributed by atoms with Crippen molar-refractivity contribution in [1.82, 2.24) is 5.43 Å². The van der Waals surface area contributed by atoms with Gasteiger partial charge < -0.3 is 4.74 Å². The van der Waals surface area contributed by atoms with Crippen LogP contribution >= 0.6 is 0 Å². The molecule has 3 N–H and O–H groups in total. The number of ether oxygens (including phenoxy) is 1. The lowest BCUT2D eigenvalue weighted by Gasteiger charge is -2.14. The SMILES string of the molecule is CC(CCC(=O)NN)Oc1ccccc1C#N. The standard InChI is InChI=1S/C12H15N3O2/c1-9(6-7-12(16)15-14)17-11-5-3-2-4-10(11)8-13/h2-5,9H,6-7,14H2,1H3,(H,15,16). The molecule has 0 fully saturated rings. The van der Waals surface area contributed by atoms with Crippen molar-refractivity contribution in [2.24, 2.45) is 5.84 Å². The molecule has 0 aromatic heterocycles. The van der Waals surface area contributed by atoms with Gasteiger partial charge in [0.05, 0.1) is 11.7 Å². The van der Waals surface area contributed by atoms with Gasteiger partial charge in [-0.15, -0.1) is 0 Å². The average Bonchev–Trinajstić information content (AvgIpc) is 2.36. The average molecular weight is 233 g/mol. The van der Waals surface area contributed by atoms with Crippen LogP contribution in [0.15, 0.2) is 24.3 Å². The quantitative estimate of drug-likeness (QED) is 0.453. The van der Waals surface area contributed by atoms with Gasteiger partial charge in [0.1, 0.15) is 11.8 Å². The predicted molar refractivity (Wildman–Crippen MR) is 62.8 cm³/mol. The summed E-state index contributed by atoms with van der Waals surface area (Å²) >= 11 is 0. The largest absolute Gasteiger partial charge is 0.489 e. The van der Waals surface area contributed by atoms with Crippen LogP contribution < -0.4 is 16.0 Å². The Morgan fingerprint density at radius 3 is 2.94 bits per heavy atom. The molecule has 1 aromatic carbocycles. The van der Waals surface area contributed by atoms with Gasteiger partial charge in [0.15, 0.2) is 0 Å². The summed E-state index contributed by atoms with van der Waals surface area (Å²) in [4.78, 5) is 10.9. The molecule has 0 aliphatic carbocycles. The predicted octanol–water partition coefficient (Wildman–Crippen LogP) is 1.10. The van der Waals surface area contributed by atoms with E-state index in [1.165, 1.54) is 0 Å². The van der Waals surface area contributed by atoms with Crippen LogP contribution in [-0.4, -0.2) is 12.0 Å². The Kier molecular flexibility index (Phi) is 4.98. The second-order valence-electron chi connectivity index (χ2n) is 3.64. The summed E-state index contributed by atoms with van der Waals surface area (Å²) in [5, 5.41) is 8.88. The van der Waals surface area contributed by atoms with Gasteiger partial charge in [0.25, 0.3) is 0 Å². The number of hydrogen-bond acceptors (Lipinski definition) is 4. The molecule has 5 nitrogen and oxygen atoms in total. The zero-order chi connectivity index (χ0) is 12.7. The second-order valence-corrected chi connectivity index (χ2v) is 3.64. The van der Waals surface area contributed by atoms with Crippen LogP contribution in [0.2, 0.25) is 0 Å². The van der Waals surface area contributed by atoms with Crippen LogP contribution in [0, 0.1) is 11.3 Å². The first kappa shape index (κ1) is 13.0. The molecule has 0 aliphatic heterocycles. The van der Waals surface area contributed by atoms with E-state index in [9.17, 15) is 4.79 Å². The number of hydrogen-bond donors (Lipinski definition) is 2. The van der Waals surface area contributed by atoms with Crippen LogP contribution in [0.25, 0.3) is 0 Å². The van der Waals surface area contributed by atoms with E-state index < -0.39 is 0 Å². The summed E-state index contributed by atoms with van der Waals surface area (Å²) in [5.74, 6) is 5.28. The Morgan fingerprint density at radius 2 is 2.29 bits per heavy atom. The smallest absolute Gasteiger partial charge is 0.234 e. The number of nitriles is 1. The molecular formula is C12H15N3O2. The summed E-state index contributed by atoms with van der Waals surface area (Å²) in [7, 11) is 0. The monoisotopic (exact) mass is 233 g/mol. The van der Waals surface area contributed by atoms with E-state index in [0.717, 1.165) is 0 Å². The van der Waals surface area contributed by atoms with Gasteiger partial charge in [-0.3, -0.25) is 10.2 Å². The number of benzene rings is 1. The van der Waals surface area contributed by atoms with Gasteiger partial charge in [-0.05, 0) is 25.5 Å². The van der Waals surface area contributed by atoms with Crippen molar-refractivity contribution in [3.63, 3.8) is 0 Å². The van der Waals surface area contributed by atoms with E-state index in [1.54, 1.807) is 24.3 Å². The fourth-order valence-corrected chi connectivity index (χ4v) is 1.34. The van der Waals surface area contributed by atoms with E-state index in [-0.39, 0.29) is 12.0 Å². The van der Waals surface area contributed by atoms with Gasteiger partial charge in [-0.2, -0.15) is 5.26 Å². The van der Waals surface area contributed by atoms with E-state index in [0.29, 0.717) is 24.2 Å². The van der Waals surface area contributed by atoms with Crippen LogP contribution in [0.1, 0.15) is 25.3 Å². The number of amides is 1. The molecule has 0 heterocycles. The molecule has 1 amide bonds. The molecular weight excluding hydrogens is 218 g/mol. The first-order valence-electron chi connectivity index (χ1n) is 5.32. The molecule has 1 aromatic rings. The summed E-state index contributed by atoms with van der Waals surface area (Å²) in [6, 6.07) is 9.05. The van der Waals surface area contributed by atoms with Crippen molar-refractivity contribution in [2.75, 3.05) is 0 Å². The van der Waals surface area contributed by atoms with Crippen molar-refractivity contribution in [3.8, 4) is 11.8 Å². The Morgan fingerprint density at radius 1 is 1.59 bits per heavy atom. The number of nitrogens with zero attached hydrogens (tertiary/aromatic N) is 1.